The van der Waals surface area contributed by atoms with Gasteiger partial charge < -0.3 is 15.2 Å². The van der Waals surface area contributed by atoms with Crippen molar-refractivity contribution in [1.29, 1.82) is 0 Å². The van der Waals surface area contributed by atoms with Gasteiger partial charge in [0.15, 0.2) is 16.4 Å². The summed E-state index contributed by atoms with van der Waals surface area (Å²) in [5.41, 5.74) is 0.875. The maximum absolute atomic E-state index is 12.4. The van der Waals surface area contributed by atoms with E-state index in [-0.39, 0.29) is 22.3 Å². The molecular formula is C20H23Cl2NO5S2. The third kappa shape index (κ3) is 8.00. The Labute approximate surface area is 190 Å². The molecule has 30 heavy (non-hydrogen) atoms. The second-order valence-corrected chi connectivity index (χ2v) is 10.5. The molecule has 0 unspecified atom stereocenters. The molecule has 0 aliphatic heterocycles. The highest BCUT2D eigenvalue weighted by Gasteiger charge is 2.17. The van der Waals surface area contributed by atoms with Gasteiger partial charge in [-0.15, -0.1) is 11.8 Å². The van der Waals surface area contributed by atoms with Gasteiger partial charge in [0.2, 0.25) is 0 Å². The summed E-state index contributed by atoms with van der Waals surface area (Å²) < 4.78 is 30.0. The molecule has 0 heterocycles. The minimum atomic E-state index is -3.45. The van der Waals surface area contributed by atoms with Crippen molar-refractivity contribution in [2.75, 3.05) is 31.2 Å². The number of aryl methyl sites for hydroxylation is 1. The summed E-state index contributed by atoms with van der Waals surface area (Å²) in [4.78, 5) is 11.7. The highest BCUT2D eigenvalue weighted by atomic mass is 35.5. The third-order valence-electron chi connectivity index (χ3n) is 4.04. The molecule has 0 bridgehead atoms. The summed E-state index contributed by atoms with van der Waals surface area (Å²) >= 11 is 13.4. The number of ether oxygens (including phenoxy) is 1. The molecule has 0 saturated heterocycles. The van der Waals surface area contributed by atoms with Crippen LogP contribution in [0.2, 0.25) is 10.0 Å². The lowest BCUT2D eigenvalue weighted by atomic mass is 10.2. The van der Waals surface area contributed by atoms with Gasteiger partial charge in [-0.05, 0) is 61.9 Å². The van der Waals surface area contributed by atoms with Gasteiger partial charge in [-0.1, -0.05) is 23.2 Å². The first-order valence-corrected chi connectivity index (χ1v) is 12.5. The maximum Gasteiger partial charge on any atom is 0.341 e. The van der Waals surface area contributed by atoms with Crippen LogP contribution in [-0.4, -0.2) is 50.7 Å². The molecule has 0 spiro atoms. The largest absolute Gasteiger partial charge is 0.482 e. The van der Waals surface area contributed by atoms with Crippen molar-refractivity contribution < 1.29 is 23.1 Å². The van der Waals surface area contributed by atoms with Crippen molar-refractivity contribution in [1.82, 2.24) is 5.32 Å². The summed E-state index contributed by atoms with van der Waals surface area (Å²) in [5.74, 6) is 0.362. The highest BCUT2D eigenvalue weighted by molar-refractivity contribution is 7.99. The summed E-state index contributed by atoms with van der Waals surface area (Å²) in [5, 5.41) is 12.4. The molecule has 2 aromatic rings. The van der Waals surface area contributed by atoms with E-state index in [4.69, 9.17) is 33.0 Å². The highest BCUT2D eigenvalue weighted by Crippen LogP contribution is 2.27. The van der Waals surface area contributed by atoms with Crippen LogP contribution in [0.15, 0.2) is 46.2 Å². The fraction of sp³-hybridized carbons (Fsp3) is 0.350. The summed E-state index contributed by atoms with van der Waals surface area (Å²) in [6, 6.07) is 9.98. The van der Waals surface area contributed by atoms with Gasteiger partial charge in [0, 0.05) is 22.2 Å². The average molecular weight is 492 g/mol. The maximum atomic E-state index is 12.4. The molecule has 0 saturated carbocycles. The SMILES string of the molecule is Cc1cc(SCCNCCCS(=O)(=O)c2ccc(Cl)cc2Cl)ccc1OCC(=O)O. The van der Waals surface area contributed by atoms with E-state index in [0.717, 1.165) is 22.8 Å². The Morgan fingerprint density at radius 2 is 1.93 bits per heavy atom. The van der Waals surface area contributed by atoms with Crippen LogP contribution in [0.4, 0.5) is 0 Å². The fourth-order valence-electron chi connectivity index (χ4n) is 2.60. The minimum absolute atomic E-state index is 0.00545. The number of nitrogens with one attached hydrogen (secondary N) is 1. The number of carboxylic acids is 1. The summed E-state index contributed by atoms with van der Waals surface area (Å²) in [7, 11) is -3.45. The smallest absolute Gasteiger partial charge is 0.341 e. The number of sulfone groups is 1. The lowest BCUT2D eigenvalue weighted by Crippen LogP contribution is -2.21. The Bertz CT molecular complexity index is 983. The Hall–Kier alpha value is -1.45. The lowest BCUT2D eigenvalue weighted by molar-refractivity contribution is -0.139. The Morgan fingerprint density at radius 1 is 1.17 bits per heavy atom. The van der Waals surface area contributed by atoms with Crippen molar-refractivity contribution >= 4 is 50.8 Å². The number of carboxylic acid groups (broad SMARTS) is 1. The zero-order chi connectivity index (χ0) is 22.1. The first-order chi connectivity index (χ1) is 14.2. The second kappa shape index (κ2) is 11.8. The van der Waals surface area contributed by atoms with Gasteiger partial charge >= 0.3 is 5.97 Å². The minimum Gasteiger partial charge on any atom is -0.482 e. The molecule has 0 aliphatic carbocycles. The van der Waals surface area contributed by atoms with E-state index in [1.165, 1.54) is 18.2 Å². The fourth-order valence-corrected chi connectivity index (χ4v) is 5.65. The van der Waals surface area contributed by atoms with Crippen molar-refractivity contribution in [3.05, 3.63) is 52.0 Å². The van der Waals surface area contributed by atoms with Crippen LogP contribution in [0.25, 0.3) is 0 Å². The summed E-state index contributed by atoms with van der Waals surface area (Å²) in [6.07, 6.45) is 0.473. The molecule has 0 radical (unpaired) electrons. The van der Waals surface area contributed by atoms with Gasteiger partial charge in [0.1, 0.15) is 5.75 Å². The van der Waals surface area contributed by atoms with Gasteiger partial charge in [0.25, 0.3) is 0 Å². The topological polar surface area (TPSA) is 92.7 Å². The van der Waals surface area contributed by atoms with E-state index in [9.17, 15) is 13.2 Å². The average Bonchev–Trinajstić information content (AvgIpc) is 2.66. The molecule has 0 atom stereocenters. The zero-order valence-corrected chi connectivity index (χ0v) is 19.5. The molecule has 2 N–H and O–H groups in total. The van der Waals surface area contributed by atoms with Gasteiger partial charge in [0.05, 0.1) is 15.7 Å². The Morgan fingerprint density at radius 3 is 2.60 bits per heavy atom. The molecule has 0 aliphatic rings. The third-order valence-corrected chi connectivity index (χ3v) is 7.55. The Balaban J connectivity index is 1.68. The molecule has 0 aromatic heterocycles. The standard InChI is InChI=1S/C20H23Cl2NO5S2/c1-14-11-16(4-5-18(14)28-13-20(24)25)29-9-8-23-7-2-10-30(26,27)19-6-3-15(21)12-17(19)22/h3-6,11-12,23H,2,7-10,13H2,1H3,(H,24,25). The van der Waals surface area contributed by atoms with Crippen LogP contribution in [0, 0.1) is 6.92 Å². The summed E-state index contributed by atoms with van der Waals surface area (Å²) in [6.45, 7) is 2.80. The molecule has 0 amide bonds. The van der Waals surface area contributed by atoms with E-state index in [2.05, 4.69) is 5.32 Å². The van der Waals surface area contributed by atoms with E-state index in [0.29, 0.717) is 23.7 Å². The number of thioether (sulfide) groups is 1. The number of carbonyl (C=O) groups is 1. The van der Waals surface area contributed by atoms with Crippen LogP contribution in [-0.2, 0) is 14.6 Å². The van der Waals surface area contributed by atoms with E-state index in [1.54, 1.807) is 17.8 Å². The number of rotatable bonds is 12. The molecule has 164 valence electrons. The molecule has 0 fully saturated rings. The van der Waals surface area contributed by atoms with Crippen LogP contribution in [0.3, 0.4) is 0 Å². The Kier molecular flexibility index (Phi) is 9.77. The van der Waals surface area contributed by atoms with Gasteiger partial charge in [-0.25, -0.2) is 13.2 Å². The van der Waals surface area contributed by atoms with Gasteiger partial charge in [-0.2, -0.15) is 0 Å². The van der Waals surface area contributed by atoms with Crippen LogP contribution >= 0.6 is 35.0 Å². The lowest BCUT2D eigenvalue weighted by Gasteiger charge is -2.10. The first-order valence-electron chi connectivity index (χ1n) is 9.15. The number of hydrogen-bond acceptors (Lipinski definition) is 6. The van der Waals surface area contributed by atoms with Gasteiger partial charge in [-0.3, -0.25) is 0 Å². The van der Waals surface area contributed by atoms with E-state index < -0.39 is 15.8 Å². The van der Waals surface area contributed by atoms with Crippen molar-refractivity contribution in [3.8, 4) is 5.75 Å². The van der Waals surface area contributed by atoms with E-state index in [1.807, 2.05) is 19.1 Å². The predicted octanol–water partition coefficient (Wildman–Crippen LogP) is 4.31. The number of hydrogen-bond donors (Lipinski definition) is 2. The molecule has 10 heteroatoms. The van der Waals surface area contributed by atoms with E-state index >= 15 is 0 Å². The molecule has 2 aromatic carbocycles. The quantitative estimate of drug-likeness (QED) is 0.337. The van der Waals surface area contributed by atoms with Crippen LogP contribution in [0.5, 0.6) is 5.75 Å². The monoisotopic (exact) mass is 491 g/mol. The van der Waals surface area contributed by atoms with Crippen molar-refractivity contribution in [2.24, 2.45) is 0 Å². The van der Waals surface area contributed by atoms with Crippen LogP contribution in [0.1, 0.15) is 12.0 Å². The van der Waals surface area contributed by atoms with Crippen LogP contribution < -0.4 is 10.1 Å². The number of benzene rings is 2. The van der Waals surface area contributed by atoms with Crippen molar-refractivity contribution in [2.45, 2.75) is 23.1 Å². The molecule has 2 rings (SSSR count). The number of halogens is 2. The first kappa shape index (κ1) is 24.8. The molecular weight excluding hydrogens is 469 g/mol. The van der Waals surface area contributed by atoms with Crippen molar-refractivity contribution in [3.63, 3.8) is 0 Å². The normalized spacial score (nSPS) is 11.4. The molecule has 6 nitrogen and oxygen atoms in total. The zero-order valence-electron chi connectivity index (χ0n) is 16.4. The predicted molar refractivity (Wildman–Crippen MR) is 121 cm³/mol. The second-order valence-electron chi connectivity index (χ2n) is 6.46. The number of aliphatic carboxylic acids is 1.